The van der Waals surface area contributed by atoms with E-state index in [0.717, 1.165) is 21.9 Å². The molecule has 2 nitrogen and oxygen atoms in total. The van der Waals surface area contributed by atoms with E-state index in [0.29, 0.717) is 0 Å². The molecule has 0 aliphatic carbocycles. The molecule has 0 aliphatic heterocycles. The number of carboxylic acids is 1. The number of hydrogen-bond donors (Lipinski definition) is 1. The molecule has 16 heavy (non-hydrogen) atoms. The lowest BCUT2D eigenvalue weighted by atomic mass is 9.92. The minimum absolute atomic E-state index is 0.454. The fourth-order valence-corrected chi connectivity index (χ4v) is 2.05. The smallest absolute Gasteiger partial charge is 0.310 e. The Morgan fingerprint density at radius 1 is 1.19 bits per heavy atom. The van der Waals surface area contributed by atoms with Gasteiger partial charge in [-0.25, -0.2) is 0 Å². The maximum absolute atomic E-state index is 11.0. The summed E-state index contributed by atoms with van der Waals surface area (Å²) in [5.74, 6) is -1.23. The summed E-state index contributed by atoms with van der Waals surface area (Å²) in [5, 5.41) is 11.3. The first-order valence-electron chi connectivity index (χ1n) is 5.32. The molecule has 0 saturated carbocycles. The summed E-state index contributed by atoms with van der Waals surface area (Å²) in [4.78, 5) is 11.0. The fraction of sp³-hybridized carbons (Fsp3) is 0.214. The molecule has 2 heteroatoms. The molecule has 2 aromatic rings. The van der Waals surface area contributed by atoms with Crippen molar-refractivity contribution in [3.63, 3.8) is 0 Å². The van der Waals surface area contributed by atoms with Crippen molar-refractivity contribution in [3.05, 3.63) is 47.5 Å². The molecular weight excluding hydrogens is 200 g/mol. The van der Waals surface area contributed by atoms with Gasteiger partial charge in [0.1, 0.15) is 0 Å². The van der Waals surface area contributed by atoms with E-state index in [9.17, 15) is 4.79 Å². The molecule has 0 radical (unpaired) electrons. The van der Waals surface area contributed by atoms with Gasteiger partial charge in [-0.2, -0.15) is 0 Å². The van der Waals surface area contributed by atoms with Crippen LogP contribution in [0.1, 0.15) is 24.0 Å². The lowest BCUT2D eigenvalue weighted by Gasteiger charge is -2.12. The summed E-state index contributed by atoms with van der Waals surface area (Å²) in [6.07, 6.45) is 0. The SMILES string of the molecule is Cc1c(C(C)C(=O)O)ccc2ccccc12. The van der Waals surface area contributed by atoms with Crippen molar-refractivity contribution in [1.82, 2.24) is 0 Å². The Morgan fingerprint density at radius 3 is 2.56 bits per heavy atom. The molecule has 0 spiro atoms. The van der Waals surface area contributed by atoms with Crippen molar-refractivity contribution in [3.8, 4) is 0 Å². The summed E-state index contributed by atoms with van der Waals surface area (Å²) >= 11 is 0. The van der Waals surface area contributed by atoms with E-state index >= 15 is 0 Å². The molecule has 0 bridgehead atoms. The van der Waals surface area contributed by atoms with Crippen LogP contribution in [0.3, 0.4) is 0 Å². The molecule has 0 saturated heterocycles. The molecule has 0 amide bonds. The van der Waals surface area contributed by atoms with Crippen LogP contribution in [-0.4, -0.2) is 11.1 Å². The Balaban J connectivity index is 2.65. The molecule has 0 fully saturated rings. The second-order valence-electron chi connectivity index (χ2n) is 4.06. The van der Waals surface area contributed by atoms with Gasteiger partial charge in [-0.3, -0.25) is 4.79 Å². The first-order chi connectivity index (χ1) is 7.61. The minimum Gasteiger partial charge on any atom is -0.481 e. The third-order valence-electron chi connectivity index (χ3n) is 3.08. The van der Waals surface area contributed by atoms with E-state index in [2.05, 4.69) is 0 Å². The average molecular weight is 214 g/mol. The number of rotatable bonds is 2. The zero-order valence-electron chi connectivity index (χ0n) is 9.40. The van der Waals surface area contributed by atoms with E-state index in [4.69, 9.17) is 5.11 Å². The van der Waals surface area contributed by atoms with E-state index in [1.54, 1.807) is 6.92 Å². The Morgan fingerprint density at radius 2 is 1.88 bits per heavy atom. The molecule has 2 rings (SSSR count). The number of aliphatic carboxylic acids is 1. The number of fused-ring (bicyclic) bond motifs is 1. The lowest BCUT2D eigenvalue weighted by Crippen LogP contribution is -2.08. The van der Waals surface area contributed by atoms with Crippen molar-refractivity contribution in [2.24, 2.45) is 0 Å². The van der Waals surface area contributed by atoms with Crippen LogP contribution in [-0.2, 0) is 4.79 Å². The third kappa shape index (κ3) is 1.67. The fourth-order valence-electron chi connectivity index (χ4n) is 2.05. The van der Waals surface area contributed by atoms with Crippen LogP contribution < -0.4 is 0 Å². The van der Waals surface area contributed by atoms with Gasteiger partial charge < -0.3 is 5.11 Å². The first kappa shape index (κ1) is 10.7. The lowest BCUT2D eigenvalue weighted by molar-refractivity contribution is -0.138. The molecule has 0 heterocycles. The molecule has 1 atom stereocenters. The first-order valence-corrected chi connectivity index (χ1v) is 5.32. The van der Waals surface area contributed by atoms with Crippen molar-refractivity contribution in [2.45, 2.75) is 19.8 Å². The van der Waals surface area contributed by atoms with Crippen LogP contribution in [0, 0.1) is 6.92 Å². The van der Waals surface area contributed by atoms with E-state index < -0.39 is 11.9 Å². The predicted octanol–water partition coefficient (Wildman–Crippen LogP) is 3.34. The largest absolute Gasteiger partial charge is 0.481 e. The van der Waals surface area contributed by atoms with Crippen LogP contribution >= 0.6 is 0 Å². The summed E-state index contributed by atoms with van der Waals surface area (Å²) in [5.41, 5.74) is 1.96. The third-order valence-corrected chi connectivity index (χ3v) is 3.08. The number of benzene rings is 2. The van der Waals surface area contributed by atoms with Gasteiger partial charge in [0.2, 0.25) is 0 Å². The van der Waals surface area contributed by atoms with Crippen LogP contribution in [0.5, 0.6) is 0 Å². The van der Waals surface area contributed by atoms with E-state index in [1.165, 1.54) is 0 Å². The zero-order chi connectivity index (χ0) is 11.7. The van der Waals surface area contributed by atoms with Crippen molar-refractivity contribution >= 4 is 16.7 Å². The monoisotopic (exact) mass is 214 g/mol. The van der Waals surface area contributed by atoms with Crippen LogP contribution in [0.15, 0.2) is 36.4 Å². The van der Waals surface area contributed by atoms with Crippen LogP contribution in [0.4, 0.5) is 0 Å². The minimum atomic E-state index is -0.779. The highest BCUT2D eigenvalue weighted by Crippen LogP contribution is 2.26. The van der Waals surface area contributed by atoms with Crippen LogP contribution in [0.25, 0.3) is 10.8 Å². The molecular formula is C14H14O2. The van der Waals surface area contributed by atoms with Gasteiger partial charge in [0.25, 0.3) is 0 Å². The second kappa shape index (κ2) is 3.97. The van der Waals surface area contributed by atoms with Crippen LogP contribution in [0.2, 0.25) is 0 Å². The quantitative estimate of drug-likeness (QED) is 0.832. The molecule has 1 N–H and O–H groups in total. The maximum Gasteiger partial charge on any atom is 0.310 e. The highest BCUT2D eigenvalue weighted by molar-refractivity contribution is 5.88. The number of hydrogen-bond acceptors (Lipinski definition) is 1. The standard InChI is InChI=1S/C14H14O2/c1-9-12(10(2)14(15)16)8-7-11-5-3-4-6-13(9)11/h3-8,10H,1-2H3,(H,15,16). The van der Waals surface area contributed by atoms with Gasteiger partial charge >= 0.3 is 5.97 Å². The van der Waals surface area contributed by atoms with Gasteiger partial charge in [-0.1, -0.05) is 36.4 Å². The summed E-state index contributed by atoms with van der Waals surface area (Å²) in [6, 6.07) is 11.9. The zero-order valence-corrected chi connectivity index (χ0v) is 9.40. The summed E-state index contributed by atoms with van der Waals surface area (Å²) in [7, 11) is 0. The Bertz CT molecular complexity index is 543. The summed E-state index contributed by atoms with van der Waals surface area (Å²) < 4.78 is 0. The highest BCUT2D eigenvalue weighted by atomic mass is 16.4. The van der Waals surface area contributed by atoms with Crippen molar-refractivity contribution in [2.75, 3.05) is 0 Å². The average Bonchev–Trinajstić information content (AvgIpc) is 2.29. The number of carbonyl (C=O) groups is 1. The number of aryl methyl sites for hydroxylation is 1. The summed E-state index contributed by atoms with van der Waals surface area (Å²) in [6.45, 7) is 3.70. The van der Waals surface area contributed by atoms with Crippen molar-refractivity contribution < 1.29 is 9.90 Å². The van der Waals surface area contributed by atoms with Crippen molar-refractivity contribution in [1.29, 1.82) is 0 Å². The normalized spacial score (nSPS) is 12.6. The molecule has 82 valence electrons. The van der Waals surface area contributed by atoms with E-state index in [1.807, 2.05) is 43.3 Å². The second-order valence-corrected chi connectivity index (χ2v) is 4.06. The molecule has 1 unspecified atom stereocenters. The predicted molar refractivity (Wildman–Crippen MR) is 64.7 cm³/mol. The van der Waals surface area contributed by atoms with Gasteiger partial charge in [0.05, 0.1) is 5.92 Å². The maximum atomic E-state index is 11.0. The molecule has 0 aromatic heterocycles. The Hall–Kier alpha value is -1.83. The number of carboxylic acid groups (broad SMARTS) is 1. The van der Waals surface area contributed by atoms with E-state index in [-0.39, 0.29) is 0 Å². The molecule has 0 aliphatic rings. The Kier molecular flexibility index (Phi) is 2.65. The van der Waals surface area contributed by atoms with Gasteiger partial charge in [0, 0.05) is 0 Å². The topological polar surface area (TPSA) is 37.3 Å². The van der Waals surface area contributed by atoms with Gasteiger partial charge in [-0.05, 0) is 35.7 Å². The van der Waals surface area contributed by atoms with Gasteiger partial charge in [-0.15, -0.1) is 0 Å². The Labute approximate surface area is 94.5 Å². The highest BCUT2D eigenvalue weighted by Gasteiger charge is 2.16. The van der Waals surface area contributed by atoms with Gasteiger partial charge in [0.15, 0.2) is 0 Å². The molecule has 2 aromatic carbocycles.